The van der Waals surface area contributed by atoms with E-state index in [0.29, 0.717) is 5.75 Å². The Labute approximate surface area is 169 Å². The van der Waals surface area contributed by atoms with E-state index in [9.17, 15) is 22.4 Å². The van der Waals surface area contributed by atoms with E-state index in [0.717, 1.165) is 18.2 Å². The van der Waals surface area contributed by atoms with Gasteiger partial charge < -0.3 is 23.7 Å². The Morgan fingerprint density at radius 3 is 1.93 bits per heavy atom. The summed E-state index contributed by atoms with van der Waals surface area (Å²) in [5.74, 6) is -0.508. The minimum Gasteiger partial charge on any atom is -0.493 e. The number of benzene rings is 2. The zero-order valence-corrected chi connectivity index (χ0v) is 16.2. The highest BCUT2D eigenvalue weighted by Crippen LogP contribution is 2.38. The molecule has 0 saturated heterocycles. The molecule has 0 fully saturated rings. The van der Waals surface area contributed by atoms with Crippen LogP contribution in [0.3, 0.4) is 0 Å². The van der Waals surface area contributed by atoms with Crippen molar-refractivity contribution in [2.75, 3.05) is 21.3 Å². The Morgan fingerprint density at radius 1 is 0.833 bits per heavy atom. The van der Waals surface area contributed by atoms with Gasteiger partial charge in [0.1, 0.15) is 11.5 Å². The van der Waals surface area contributed by atoms with Gasteiger partial charge in [0.25, 0.3) is 0 Å². The van der Waals surface area contributed by atoms with Crippen LogP contribution in [0, 0.1) is 0 Å². The zero-order valence-electron chi connectivity index (χ0n) is 16.2. The van der Waals surface area contributed by atoms with Gasteiger partial charge in [-0.1, -0.05) is 0 Å². The van der Waals surface area contributed by atoms with Gasteiger partial charge in [0.05, 0.1) is 21.3 Å². The molecule has 0 spiro atoms. The van der Waals surface area contributed by atoms with Gasteiger partial charge in [-0.05, 0) is 36.4 Å². The Kier molecular flexibility index (Phi) is 7.90. The summed E-state index contributed by atoms with van der Waals surface area (Å²) in [4.78, 5) is 12.5. The molecule has 0 radical (unpaired) electrons. The third-order valence-electron chi connectivity index (χ3n) is 3.79. The van der Waals surface area contributed by atoms with Crippen LogP contribution < -0.4 is 23.7 Å². The summed E-state index contributed by atoms with van der Waals surface area (Å²) in [6.45, 7) is -6.34. The summed E-state index contributed by atoms with van der Waals surface area (Å²) in [6, 6.07) is 6.05. The molecule has 2 rings (SSSR count). The quantitative estimate of drug-likeness (QED) is 0.306. The highest BCUT2D eigenvalue weighted by Gasteiger charge is 2.16. The summed E-state index contributed by atoms with van der Waals surface area (Å²) in [5.41, 5.74) is 0.229. The summed E-state index contributed by atoms with van der Waals surface area (Å²) >= 11 is 0. The first-order chi connectivity index (χ1) is 14.3. The van der Waals surface area contributed by atoms with E-state index < -0.39 is 24.8 Å². The van der Waals surface area contributed by atoms with Gasteiger partial charge in [0.15, 0.2) is 17.3 Å². The third kappa shape index (κ3) is 5.79. The fraction of sp³-hybridized carbons (Fsp3) is 0.250. The molecule has 0 amide bonds. The summed E-state index contributed by atoms with van der Waals surface area (Å²) in [6.07, 6.45) is 2.30. The van der Waals surface area contributed by atoms with Crippen molar-refractivity contribution in [3.63, 3.8) is 0 Å². The van der Waals surface area contributed by atoms with Gasteiger partial charge in [-0.2, -0.15) is 17.6 Å². The number of hydrogen-bond donors (Lipinski definition) is 0. The van der Waals surface area contributed by atoms with Crippen LogP contribution in [-0.4, -0.2) is 40.3 Å². The van der Waals surface area contributed by atoms with Gasteiger partial charge in [-0.3, -0.25) is 4.79 Å². The average molecular weight is 430 g/mol. The lowest BCUT2D eigenvalue weighted by molar-refractivity contribution is -0.0543. The van der Waals surface area contributed by atoms with E-state index >= 15 is 0 Å². The number of alkyl halides is 4. The maximum atomic E-state index is 12.7. The molecule has 162 valence electrons. The number of ketones is 1. The van der Waals surface area contributed by atoms with Crippen LogP contribution in [0.15, 0.2) is 36.4 Å². The molecule has 0 bridgehead atoms. The van der Waals surface area contributed by atoms with E-state index in [1.807, 2.05) is 0 Å². The Balaban J connectivity index is 2.35. The molecule has 0 unspecified atom stereocenters. The van der Waals surface area contributed by atoms with Crippen LogP contribution in [0.2, 0.25) is 0 Å². The van der Waals surface area contributed by atoms with Crippen molar-refractivity contribution < 1.29 is 46.0 Å². The Morgan fingerprint density at radius 2 is 1.43 bits per heavy atom. The fourth-order valence-corrected chi connectivity index (χ4v) is 2.51. The largest absolute Gasteiger partial charge is 0.493 e. The monoisotopic (exact) mass is 430 g/mol. The summed E-state index contributed by atoms with van der Waals surface area (Å²) in [7, 11) is 4.18. The number of carbonyl (C=O) groups is 1. The highest BCUT2D eigenvalue weighted by atomic mass is 19.3. The van der Waals surface area contributed by atoms with Crippen LogP contribution in [0.4, 0.5) is 17.6 Å². The van der Waals surface area contributed by atoms with Crippen molar-refractivity contribution >= 4 is 11.9 Å². The van der Waals surface area contributed by atoms with Gasteiger partial charge in [0.2, 0.25) is 5.75 Å². The van der Waals surface area contributed by atoms with Gasteiger partial charge in [-0.25, -0.2) is 0 Å². The van der Waals surface area contributed by atoms with Crippen molar-refractivity contribution in [1.82, 2.24) is 0 Å². The molecule has 0 saturated carbocycles. The van der Waals surface area contributed by atoms with Crippen LogP contribution in [0.5, 0.6) is 28.7 Å². The molecule has 0 heterocycles. The van der Waals surface area contributed by atoms with E-state index in [1.165, 1.54) is 45.6 Å². The standard InChI is InChI=1S/C20H18F4O6/c1-26-16-8-12(9-17(27-2)18(16)28-3)14(25)7-5-11-4-6-13(29-19(21)22)10-15(11)30-20(23)24/h4-10,19-20H,1-3H3. The molecule has 0 aliphatic heterocycles. The van der Waals surface area contributed by atoms with Crippen molar-refractivity contribution in [1.29, 1.82) is 0 Å². The zero-order chi connectivity index (χ0) is 22.3. The predicted octanol–water partition coefficient (Wildman–Crippen LogP) is 4.81. The number of hydrogen-bond acceptors (Lipinski definition) is 6. The summed E-state index contributed by atoms with van der Waals surface area (Å²) in [5, 5.41) is 0. The lowest BCUT2D eigenvalue weighted by Gasteiger charge is -2.13. The number of methoxy groups -OCH3 is 3. The number of carbonyl (C=O) groups excluding carboxylic acids is 1. The van der Waals surface area contributed by atoms with E-state index in [4.69, 9.17) is 14.2 Å². The fourth-order valence-electron chi connectivity index (χ4n) is 2.51. The maximum Gasteiger partial charge on any atom is 0.387 e. The van der Waals surface area contributed by atoms with E-state index in [2.05, 4.69) is 9.47 Å². The SMILES string of the molecule is COc1cc(C(=O)C=Cc2ccc(OC(F)F)cc2OC(F)F)cc(OC)c1OC. The maximum absolute atomic E-state index is 12.7. The highest BCUT2D eigenvalue weighted by molar-refractivity contribution is 6.07. The van der Waals surface area contributed by atoms with Crippen molar-refractivity contribution in [2.45, 2.75) is 13.2 Å². The number of allylic oxidation sites excluding steroid dienone is 1. The van der Waals surface area contributed by atoms with E-state index in [1.54, 1.807) is 0 Å². The second-order valence-electron chi connectivity index (χ2n) is 5.57. The molecule has 0 aliphatic rings. The van der Waals surface area contributed by atoms with Crippen LogP contribution in [0.1, 0.15) is 15.9 Å². The van der Waals surface area contributed by atoms with Crippen molar-refractivity contribution in [2.24, 2.45) is 0 Å². The first-order valence-corrected chi connectivity index (χ1v) is 8.35. The predicted molar refractivity (Wildman–Crippen MR) is 99.2 cm³/mol. The average Bonchev–Trinajstić information content (AvgIpc) is 2.70. The molecule has 30 heavy (non-hydrogen) atoms. The number of ether oxygens (including phenoxy) is 5. The normalized spacial score (nSPS) is 11.1. The number of halogens is 4. The van der Waals surface area contributed by atoms with Crippen LogP contribution >= 0.6 is 0 Å². The van der Waals surface area contributed by atoms with Gasteiger partial charge >= 0.3 is 13.2 Å². The minimum absolute atomic E-state index is 0.0534. The van der Waals surface area contributed by atoms with Crippen molar-refractivity contribution in [3.05, 3.63) is 47.5 Å². The molecule has 0 aliphatic carbocycles. The molecular formula is C20H18F4O6. The molecule has 0 aromatic heterocycles. The molecular weight excluding hydrogens is 412 g/mol. The third-order valence-corrected chi connectivity index (χ3v) is 3.79. The first kappa shape index (κ1) is 22.9. The van der Waals surface area contributed by atoms with Gasteiger partial charge in [0, 0.05) is 17.2 Å². The van der Waals surface area contributed by atoms with Gasteiger partial charge in [-0.15, -0.1) is 0 Å². The smallest absolute Gasteiger partial charge is 0.387 e. The lowest BCUT2D eigenvalue weighted by atomic mass is 10.1. The lowest BCUT2D eigenvalue weighted by Crippen LogP contribution is -2.06. The number of rotatable bonds is 10. The molecule has 6 nitrogen and oxygen atoms in total. The van der Waals surface area contributed by atoms with Crippen LogP contribution in [0.25, 0.3) is 6.08 Å². The Hall–Kier alpha value is -3.43. The van der Waals surface area contributed by atoms with Crippen molar-refractivity contribution in [3.8, 4) is 28.7 Å². The summed E-state index contributed by atoms with van der Waals surface area (Å²) < 4.78 is 74.0. The second kappa shape index (κ2) is 10.4. The second-order valence-corrected chi connectivity index (χ2v) is 5.57. The molecule has 0 N–H and O–H groups in total. The topological polar surface area (TPSA) is 63.2 Å². The minimum atomic E-state index is -3.20. The molecule has 2 aromatic carbocycles. The Bertz CT molecular complexity index is 889. The molecule has 2 aromatic rings. The van der Waals surface area contributed by atoms with E-state index in [-0.39, 0.29) is 28.4 Å². The molecule has 0 atom stereocenters. The first-order valence-electron chi connectivity index (χ1n) is 8.35. The van der Waals surface area contributed by atoms with Crippen LogP contribution in [-0.2, 0) is 0 Å². The molecule has 10 heteroatoms.